The van der Waals surface area contributed by atoms with Gasteiger partial charge in [-0.15, -0.1) is 0 Å². The molecule has 0 aliphatic heterocycles. The minimum Gasteiger partial charge on any atom is -0.452 e. The molecule has 0 atom stereocenters. The first-order chi connectivity index (χ1) is 12.0. The number of hydrogen-bond donors (Lipinski definition) is 0. The Balaban J connectivity index is 1.88. The zero-order valence-corrected chi connectivity index (χ0v) is 15.0. The van der Waals surface area contributed by atoms with Crippen molar-refractivity contribution >= 4 is 29.6 Å². The summed E-state index contributed by atoms with van der Waals surface area (Å²) in [6, 6.07) is 9.30. The van der Waals surface area contributed by atoms with Crippen molar-refractivity contribution in [1.82, 2.24) is 4.90 Å². The standard InChI is InChI=1S/C19H21ClN2O3/c1-22(19(14-21)10-3-2-4-11-19)17(23)13-25-18(24)9-8-15-6-5-7-16(20)12-15/h5-9,12H,2-4,10-11,13H2,1H3/b9-8+. The minimum atomic E-state index is -0.779. The number of esters is 1. The third kappa shape index (κ3) is 5.07. The second-order valence-electron chi connectivity index (χ2n) is 6.15. The summed E-state index contributed by atoms with van der Waals surface area (Å²) in [5.41, 5.74) is -0.0169. The van der Waals surface area contributed by atoms with E-state index in [1.54, 1.807) is 37.4 Å². The minimum absolute atomic E-state index is 0.368. The monoisotopic (exact) mass is 360 g/mol. The molecule has 25 heavy (non-hydrogen) atoms. The largest absolute Gasteiger partial charge is 0.452 e. The van der Waals surface area contributed by atoms with Crippen molar-refractivity contribution in [2.45, 2.75) is 37.6 Å². The Morgan fingerprint density at radius 2 is 2.08 bits per heavy atom. The van der Waals surface area contributed by atoms with Gasteiger partial charge in [-0.2, -0.15) is 5.26 Å². The van der Waals surface area contributed by atoms with Crippen LogP contribution in [0.3, 0.4) is 0 Å². The molecule has 1 aromatic carbocycles. The molecule has 6 heteroatoms. The van der Waals surface area contributed by atoms with Crippen molar-refractivity contribution in [3.8, 4) is 6.07 Å². The molecule has 132 valence electrons. The molecule has 1 aliphatic rings. The fourth-order valence-electron chi connectivity index (χ4n) is 2.95. The highest BCUT2D eigenvalue weighted by molar-refractivity contribution is 6.30. The number of carbonyl (C=O) groups excluding carboxylic acids is 2. The zero-order valence-electron chi connectivity index (χ0n) is 14.2. The molecule has 0 unspecified atom stereocenters. The quantitative estimate of drug-likeness (QED) is 0.594. The first kappa shape index (κ1) is 19.0. The van der Waals surface area contributed by atoms with Crippen LogP contribution < -0.4 is 0 Å². The van der Waals surface area contributed by atoms with Crippen molar-refractivity contribution in [1.29, 1.82) is 5.26 Å². The molecule has 1 aromatic rings. The van der Waals surface area contributed by atoms with Gasteiger partial charge in [0.25, 0.3) is 5.91 Å². The van der Waals surface area contributed by atoms with E-state index in [1.165, 1.54) is 11.0 Å². The van der Waals surface area contributed by atoms with Gasteiger partial charge in [-0.05, 0) is 36.6 Å². The number of likely N-dealkylation sites (N-methyl/N-ethyl adjacent to an activating group) is 1. The van der Waals surface area contributed by atoms with Gasteiger partial charge in [-0.1, -0.05) is 43.0 Å². The van der Waals surface area contributed by atoms with Gasteiger partial charge in [0.1, 0.15) is 5.54 Å². The lowest BCUT2D eigenvalue weighted by Crippen LogP contribution is -2.51. The van der Waals surface area contributed by atoms with E-state index in [1.807, 2.05) is 0 Å². The van der Waals surface area contributed by atoms with Gasteiger partial charge in [0.2, 0.25) is 0 Å². The Morgan fingerprint density at radius 1 is 1.36 bits per heavy atom. The molecule has 0 aromatic heterocycles. The number of benzene rings is 1. The average molecular weight is 361 g/mol. The maximum Gasteiger partial charge on any atom is 0.331 e. The molecule has 1 aliphatic carbocycles. The smallest absolute Gasteiger partial charge is 0.331 e. The van der Waals surface area contributed by atoms with Crippen LogP contribution in [0.4, 0.5) is 0 Å². The summed E-state index contributed by atoms with van der Waals surface area (Å²) in [6.07, 6.45) is 7.07. The lowest BCUT2D eigenvalue weighted by molar-refractivity contribution is -0.150. The number of nitrogens with zero attached hydrogens (tertiary/aromatic N) is 2. The maximum absolute atomic E-state index is 12.3. The van der Waals surface area contributed by atoms with Crippen molar-refractivity contribution in [2.75, 3.05) is 13.7 Å². The third-order valence-corrected chi connectivity index (χ3v) is 4.74. The molecular weight excluding hydrogens is 340 g/mol. The first-order valence-corrected chi connectivity index (χ1v) is 8.63. The van der Waals surface area contributed by atoms with Crippen LogP contribution in [-0.4, -0.2) is 36.0 Å². The topological polar surface area (TPSA) is 70.4 Å². The fourth-order valence-corrected chi connectivity index (χ4v) is 3.15. The van der Waals surface area contributed by atoms with Crippen LogP contribution in [0.1, 0.15) is 37.7 Å². The summed E-state index contributed by atoms with van der Waals surface area (Å²) in [5, 5.41) is 10.1. The second-order valence-corrected chi connectivity index (χ2v) is 6.59. The van der Waals surface area contributed by atoms with E-state index in [4.69, 9.17) is 16.3 Å². The van der Waals surface area contributed by atoms with Gasteiger partial charge in [0, 0.05) is 18.1 Å². The number of rotatable bonds is 5. The van der Waals surface area contributed by atoms with Gasteiger partial charge in [-0.25, -0.2) is 4.79 Å². The van der Waals surface area contributed by atoms with E-state index in [0.29, 0.717) is 17.9 Å². The molecule has 5 nitrogen and oxygen atoms in total. The Kier molecular flexibility index (Phi) is 6.60. The second kappa shape index (κ2) is 8.68. The number of nitriles is 1. The Labute approximate surface area is 152 Å². The van der Waals surface area contributed by atoms with E-state index in [2.05, 4.69) is 6.07 Å². The summed E-state index contributed by atoms with van der Waals surface area (Å²) in [6.45, 7) is -0.376. The third-order valence-electron chi connectivity index (χ3n) is 4.50. The Morgan fingerprint density at radius 3 is 2.72 bits per heavy atom. The normalized spacial score (nSPS) is 16.2. The van der Waals surface area contributed by atoms with Gasteiger partial charge < -0.3 is 9.64 Å². The SMILES string of the molecule is CN(C(=O)COC(=O)/C=C/c1cccc(Cl)c1)C1(C#N)CCCCC1. The van der Waals surface area contributed by atoms with Crippen LogP contribution in [0, 0.1) is 11.3 Å². The van der Waals surface area contributed by atoms with Crippen LogP contribution >= 0.6 is 11.6 Å². The molecule has 0 spiro atoms. The highest BCUT2D eigenvalue weighted by Gasteiger charge is 2.38. The zero-order chi connectivity index (χ0) is 18.3. The summed E-state index contributed by atoms with van der Waals surface area (Å²) in [7, 11) is 1.60. The molecule has 0 saturated heterocycles. The molecule has 0 heterocycles. The molecule has 0 radical (unpaired) electrons. The molecule has 0 bridgehead atoms. The maximum atomic E-state index is 12.3. The predicted octanol–water partition coefficient (Wildman–Crippen LogP) is 3.58. The van der Waals surface area contributed by atoms with Crippen LogP contribution in [-0.2, 0) is 14.3 Å². The molecule has 2 rings (SSSR count). The van der Waals surface area contributed by atoms with Gasteiger partial charge in [-0.3, -0.25) is 4.79 Å². The molecular formula is C19H21ClN2O3. The fraction of sp³-hybridized carbons (Fsp3) is 0.421. The van der Waals surface area contributed by atoms with Crippen molar-refractivity contribution in [3.63, 3.8) is 0 Å². The number of amides is 1. The van der Waals surface area contributed by atoms with Crippen LogP contribution in [0.25, 0.3) is 6.08 Å². The summed E-state index contributed by atoms with van der Waals surface area (Å²) in [4.78, 5) is 25.5. The van der Waals surface area contributed by atoms with Crippen molar-refractivity contribution in [2.24, 2.45) is 0 Å². The van der Waals surface area contributed by atoms with Gasteiger partial charge >= 0.3 is 5.97 Å². The number of ether oxygens (including phenoxy) is 1. The van der Waals surface area contributed by atoms with Gasteiger partial charge in [0.05, 0.1) is 6.07 Å². The summed E-state index contributed by atoms with van der Waals surface area (Å²) >= 11 is 5.87. The summed E-state index contributed by atoms with van der Waals surface area (Å²) in [5.74, 6) is -0.982. The van der Waals surface area contributed by atoms with E-state index < -0.39 is 11.5 Å². The van der Waals surface area contributed by atoms with Crippen molar-refractivity contribution < 1.29 is 14.3 Å². The van der Waals surface area contributed by atoms with Gasteiger partial charge in [0.15, 0.2) is 6.61 Å². The van der Waals surface area contributed by atoms with E-state index in [0.717, 1.165) is 24.8 Å². The van der Waals surface area contributed by atoms with Crippen LogP contribution in [0.15, 0.2) is 30.3 Å². The predicted molar refractivity (Wildman–Crippen MR) is 95.6 cm³/mol. The number of carbonyl (C=O) groups is 2. The summed E-state index contributed by atoms with van der Waals surface area (Å²) < 4.78 is 5.00. The molecule has 1 fully saturated rings. The number of halogens is 1. The van der Waals surface area contributed by atoms with E-state index in [9.17, 15) is 14.9 Å². The lowest BCUT2D eigenvalue weighted by Gasteiger charge is -2.38. The molecule has 1 amide bonds. The van der Waals surface area contributed by atoms with E-state index in [-0.39, 0.29) is 12.5 Å². The first-order valence-electron chi connectivity index (χ1n) is 8.25. The van der Waals surface area contributed by atoms with Crippen molar-refractivity contribution in [3.05, 3.63) is 40.9 Å². The highest BCUT2D eigenvalue weighted by atomic mass is 35.5. The number of hydrogen-bond acceptors (Lipinski definition) is 4. The Bertz CT molecular complexity index is 703. The lowest BCUT2D eigenvalue weighted by atomic mass is 9.81. The average Bonchev–Trinajstić information content (AvgIpc) is 2.64. The van der Waals surface area contributed by atoms with Crippen LogP contribution in [0.2, 0.25) is 5.02 Å². The highest BCUT2D eigenvalue weighted by Crippen LogP contribution is 2.32. The van der Waals surface area contributed by atoms with Crippen LogP contribution in [0.5, 0.6) is 0 Å². The molecule has 1 saturated carbocycles. The Hall–Kier alpha value is -2.32. The van der Waals surface area contributed by atoms with E-state index >= 15 is 0 Å². The molecule has 0 N–H and O–H groups in total.